The van der Waals surface area contributed by atoms with Gasteiger partial charge in [0.05, 0.1) is 20.6 Å². The molecule has 2 N–H and O–H groups in total. The third kappa shape index (κ3) is 5.97. The van der Waals surface area contributed by atoms with Gasteiger partial charge in [-0.2, -0.15) is 0 Å². The van der Waals surface area contributed by atoms with Crippen molar-refractivity contribution in [2.75, 3.05) is 39.2 Å². The summed E-state index contributed by atoms with van der Waals surface area (Å²) in [5.74, 6) is 0.447. The molecule has 1 atom stereocenters. The molecule has 3 amide bonds. The number of anilines is 1. The van der Waals surface area contributed by atoms with Gasteiger partial charge in [0.25, 0.3) is 5.91 Å². The summed E-state index contributed by atoms with van der Waals surface area (Å²) in [5, 5.41) is 5.53. The predicted molar refractivity (Wildman–Crippen MR) is 116 cm³/mol. The Balaban J connectivity index is 1.49. The fourth-order valence-corrected chi connectivity index (χ4v) is 3.48. The van der Waals surface area contributed by atoms with Gasteiger partial charge in [-0.1, -0.05) is 12.1 Å². The SMILES string of the molecule is COC(=O)CCNC(=O)c1ccc(NC(=O)N2CCC(c3ccc(OC)cc3)C2)cc1. The maximum Gasteiger partial charge on any atom is 0.321 e. The fraction of sp³-hybridized carbons (Fsp3) is 0.348. The zero-order valence-electron chi connectivity index (χ0n) is 17.7. The van der Waals surface area contributed by atoms with Gasteiger partial charge in [-0.15, -0.1) is 0 Å². The summed E-state index contributed by atoms with van der Waals surface area (Å²) in [6.45, 7) is 1.54. The van der Waals surface area contributed by atoms with Crippen LogP contribution in [0.15, 0.2) is 48.5 Å². The van der Waals surface area contributed by atoms with Gasteiger partial charge in [0.2, 0.25) is 0 Å². The van der Waals surface area contributed by atoms with Gasteiger partial charge in [0, 0.05) is 36.8 Å². The first-order valence-electron chi connectivity index (χ1n) is 10.1. The van der Waals surface area contributed by atoms with Crippen molar-refractivity contribution in [3.05, 3.63) is 59.7 Å². The van der Waals surface area contributed by atoms with E-state index in [1.807, 2.05) is 24.3 Å². The molecule has 1 heterocycles. The second-order valence-corrected chi connectivity index (χ2v) is 7.29. The average Bonchev–Trinajstić information content (AvgIpc) is 3.30. The molecule has 164 valence electrons. The number of carbonyl (C=O) groups excluding carboxylic acids is 3. The minimum atomic E-state index is -0.380. The molecule has 0 saturated carbocycles. The lowest BCUT2D eigenvalue weighted by atomic mass is 9.98. The first kappa shape index (κ1) is 22.1. The van der Waals surface area contributed by atoms with Gasteiger partial charge in [-0.3, -0.25) is 9.59 Å². The zero-order valence-corrected chi connectivity index (χ0v) is 17.7. The van der Waals surface area contributed by atoms with Crippen molar-refractivity contribution in [2.45, 2.75) is 18.8 Å². The van der Waals surface area contributed by atoms with Gasteiger partial charge in [-0.05, 0) is 48.4 Å². The van der Waals surface area contributed by atoms with E-state index in [0.29, 0.717) is 30.3 Å². The Morgan fingerprint density at radius 3 is 2.39 bits per heavy atom. The van der Waals surface area contributed by atoms with Gasteiger partial charge >= 0.3 is 12.0 Å². The molecule has 2 aromatic carbocycles. The fourth-order valence-electron chi connectivity index (χ4n) is 3.48. The number of nitrogens with one attached hydrogen (secondary N) is 2. The van der Waals surface area contributed by atoms with Crippen LogP contribution in [0.3, 0.4) is 0 Å². The van der Waals surface area contributed by atoms with Crippen LogP contribution >= 0.6 is 0 Å². The molecule has 8 nitrogen and oxygen atoms in total. The maximum absolute atomic E-state index is 12.6. The Morgan fingerprint density at radius 2 is 1.74 bits per heavy atom. The van der Waals surface area contributed by atoms with Crippen molar-refractivity contribution in [1.82, 2.24) is 10.2 Å². The second kappa shape index (κ2) is 10.5. The van der Waals surface area contributed by atoms with Crippen molar-refractivity contribution < 1.29 is 23.9 Å². The van der Waals surface area contributed by atoms with Crippen LogP contribution in [0.1, 0.15) is 34.7 Å². The molecule has 1 saturated heterocycles. The summed E-state index contributed by atoms with van der Waals surface area (Å²) < 4.78 is 9.73. The van der Waals surface area contributed by atoms with Crippen LogP contribution in [-0.2, 0) is 9.53 Å². The molecule has 0 bridgehead atoms. The summed E-state index contributed by atoms with van der Waals surface area (Å²) in [5.41, 5.74) is 2.26. The quantitative estimate of drug-likeness (QED) is 0.665. The number of rotatable bonds is 7. The molecule has 0 spiro atoms. The maximum atomic E-state index is 12.6. The van der Waals surface area contributed by atoms with Gasteiger partial charge < -0.3 is 25.0 Å². The first-order chi connectivity index (χ1) is 15.0. The van der Waals surface area contributed by atoms with Gasteiger partial charge in [0.15, 0.2) is 0 Å². The molecule has 1 aliphatic heterocycles. The van der Waals surface area contributed by atoms with Gasteiger partial charge in [0.1, 0.15) is 5.75 Å². The molecule has 31 heavy (non-hydrogen) atoms. The molecule has 2 aromatic rings. The van der Waals surface area contributed by atoms with Crippen LogP contribution in [0.4, 0.5) is 10.5 Å². The number of hydrogen-bond donors (Lipinski definition) is 2. The highest BCUT2D eigenvalue weighted by Gasteiger charge is 2.27. The molecule has 0 aliphatic carbocycles. The number of likely N-dealkylation sites (tertiary alicyclic amines) is 1. The summed E-state index contributed by atoms with van der Waals surface area (Å²) >= 11 is 0. The van der Waals surface area contributed by atoms with E-state index < -0.39 is 0 Å². The summed E-state index contributed by atoms with van der Waals surface area (Å²) in [6.07, 6.45) is 1.02. The molecule has 0 aromatic heterocycles. The third-order valence-electron chi connectivity index (χ3n) is 5.30. The van der Waals surface area contributed by atoms with Crippen LogP contribution < -0.4 is 15.4 Å². The number of esters is 1. The zero-order chi connectivity index (χ0) is 22.2. The van der Waals surface area contributed by atoms with Crippen LogP contribution in [0, 0.1) is 0 Å². The van der Waals surface area contributed by atoms with E-state index in [0.717, 1.165) is 12.2 Å². The number of carbonyl (C=O) groups is 3. The number of nitrogens with zero attached hydrogens (tertiary/aromatic N) is 1. The van der Waals surface area contributed by atoms with Crippen LogP contribution in [0.25, 0.3) is 0 Å². The number of methoxy groups -OCH3 is 2. The Morgan fingerprint density at radius 1 is 1.03 bits per heavy atom. The second-order valence-electron chi connectivity index (χ2n) is 7.29. The predicted octanol–water partition coefficient (Wildman–Crippen LogP) is 3.01. The molecule has 1 unspecified atom stereocenters. The van der Waals surface area contributed by atoms with E-state index in [2.05, 4.69) is 15.4 Å². The number of ether oxygens (including phenoxy) is 2. The van der Waals surface area contributed by atoms with E-state index in [-0.39, 0.29) is 30.9 Å². The lowest BCUT2D eigenvalue weighted by Crippen LogP contribution is -2.32. The number of hydrogen-bond acceptors (Lipinski definition) is 5. The highest BCUT2D eigenvalue weighted by atomic mass is 16.5. The van der Waals surface area contributed by atoms with Crippen molar-refractivity contribution >= 4 is 23.6 Å². The minimum Gasteiger partial charge on any atom is -0.497 e. The highest BCUT2D eigenvalue weighted by Crippen LogP contribution is 2.28. The first-order valence-corrected chi connectivity index (χ1v) is 10.1. The normalized spacial score (nSPS) is 15.3. The topological polar surface area (TPSA) is 97.0 Å². The minimum absolute atomic E-state index is 0.115. The number of amides is 3. The molecule has 8 heteroatoms. The van der Waals surface area contributed by atoms with E-state index in [1.54, 1.807) is 36.3 Å². The molecule has 1 aliphatic rings. The summed E-state index contributed by atoms with van der Waals surface area (Å²) in [6, 6.07) is 14.4. The van der Waals surface area contributed by atoms with Crippen LogP contribution in [0.2, 0.25) is 0 Å². The molecule has 1 fully saturated rings. The Hall–Kier alpha value is -3.55. The molecular weight excluding hydrogens is 398 g/mol. The standard InChI is InChI=1S/C23H27N3O5/c1-30-20-9-5-16(6-10-20)18-12-14-26(15-18)23(29)25-19-7-3-17(4-8-19)22(28)24-13-11-21(27)31-2/h3-10,18H,11-15H2,1-2H3,(H,24,28)(H,25,29). The Kier molecular flexibility index (Phi) is 7.48. The average molecular weight is 425 g/mol. The van der Waals surface area contributed by atoms with E-state index in [1.165, 1.54) is 12.7 Å². The highest BCUT2D eigenvalue weighted by molar-refractivity contribution is 5.95. The monoisotopic (exact) mass is 425 g/mol. The van der Waals surface area contributed by atoms with Crippen molar-refractivity contribution in [1.29, 1.82) is 0 Å². The smallest absolute Gasteiger partial charge is 0.321 e. The van der Waals surface area contributed by atoms with Crippen molar-refractivity contribution in [3.8, 4) is 5.75 Å². The number of urea groups is 1. The van der Waals surface area contributed by atoms with E-state index in [4.69, 9.17) is 4.74 Å². The lowest BCUT2D eigenvalue weighted by molar-refractivity contribution is -0.140. The number of benzene rings is 2. The van der Waals surface area contributed by atoms with Gasteiger partial charge in [-0.25, -0.2) is 4.79 Å². The molecule has 0 radical (unpaired) electrons. The third-order valence-corrected chi connectivity index (χ3v) is 5.30. The summed E-state index contributed by atoms with van der Waals surface area (Å²) in [7, 11) is 2.94. The molecule has 3 rings (SSSR count). The van der Waals surface area contributed by atoms with E-state index in [9.17, 15) is 14.4 Å². The van der Waals surface area contributed by atoms with Crippen LogP contribution in [-0.4, -0.2) is 56.7 Å². The summed E-state index contributed by atoms with van der Waals surface area (Å²) in [4.78, 5) is 37.6. The van der Waals surface area contributed by atoms with Crippen molar-refractivity contribution in [3.63, 3.8) is 0 Å². The largest absolute Gasteiger partial charge is 0.497 e. The van der Waals surface area contributed by atoms with Crippen LogP contribution in [0.5, 0.6) is 5.75 Å². The Bertz CT molecular complexity index is 912. The Labute approximate surface area is 181 Å². The van der Waals surface area contributed by atoms with E-state index >= 15 is 0 Å². The molecular formula is C23H27N3O5. The van der Waals surface area contributed by atoms with Crippen molar-refractivity contribution in [2.24, 2.45) is 0 Å². The lowest BCUT2D eigenvalue weighted by Gasteiger charge is -2.18.